The predicted octanol–water partition coefficient (Wildman–Crippen LogP) is 6.49. The van der Waals surface area contributed by atoms with Crippen LogP contribution in [0.3, 0.4) is 0 Å². The summed E-state index contributed by atoms with van der Waals surface area (Å²) < 4.78 is 21.5. The number of rotatable bonds is 7. The number of aromatic nitrogens is 1. The summed E-state index contributed by atoms with van der Waals surface area (Å²) in [5, 5.41) is 14.0. The van der Waals surface area contributed by atoms with Crippen LogP contribution < -0.4 is 5.32 Å². The average Bonchev–Trinajstić information content (AvgIpc) is 3.46. The molecule has 0 bridgehead atoms. The van der Waals surface area contributed by atoms with Crippen molar-refractivity contribution >= 4 is 45.2 Å². The Morgan fingerprint density at radius 1 is 1.16 bits per heavy atom. The zero-order valence-electron chi connectivity index (χ0n) is 20.9. The molecule has 0 radical (unpaired) electrons. The van der Waals surface area contributed by atoms with Crippen LogP contribution in [0.4, 0.5) is 9.39 Å². The van der Waals surface area contributed by atoms with Gasteiger partial charge in [-0.3, -0.25) is 4.79 Å². The summed E-state index contributed by atoms with van der Waals surface area (Å²) in [5.74, 6) is -1.35. The highest BCUT2D eigenvalue weighted by Gasteiger charge is 2.28. The zero-order valence-corrected chi connectivity index (χ0v) is 21.7. The minimum atomic E-state index is -0.595. The molecule has 1 aliphatic carbocycles. The van der Waals surface area contributed by atoms with E-state index in [1.807, 2.05) is 41.1 Å². The minimum Gasteiger partial charge on any atom is -0.462 e. The molecule has 2 aromatic carbocycles. The van der Waals surface area contributed by atoms with Crippen molar-refractivity contribution in [2.75, 3.05) is 11.9 Å². The Balaban J connectivity index is 1.48. The van der Waals surface area contributed by atoms with Crippen molar-refractivity contribution in [1.29, 1.82) is 5.26 Å². The van der Waals surface area contributed by atoms with Crippen LogP contribution in [0.1, 0.15) is 51.7 Å². The number of benzene rings is 2. The number of para-hydroxylation sites is 1. The van der Waals surface area contributed by atoms with E-state index in [0.29, 0.717) is 28.2 Å². The second-order valence-electron chi connectivity index (χ2n) is 9.08. The summed E-state index contributed by atoms with van der Waals surface area (Å²) in [7, 11) is 0. The third-order valence-electron chi connectivity index (χ3n) is 6.66. The summed E-state index contributed by atoms with van der Waals surface area (Å²) in [6.45, 7) is 2.28. The largest absolute Gasteiger partial charge is 0.462 e. The highest BCUT2D eigenvalue weighted by molar-refractivity contribution is 7.17. The van der Waals surface area contributed by atoms with Crippen LogP contribution in [-0.4, -0.2) is 23.1 Å². The molecular weight excluding hydrogens is 501 g/mol. The first-order chi connectivity index (χ1) is 18.5. The Labute approximate surface area is 224 Å². The quantitative estimate of drug-likeness (QED) is 0.169. The second kappa shape index (κ2) is 11.0. The number of aryl methyl sites for hydroxylation is 1. The van der Waals surface area contributed by atoms with Gasteiger partial charge in [0.1, 0.15) is 22.5 Å². The molecule has 6 nitrogen and oxygen atoms in total. The van der Waals surface area contributed by atoms with Crippen molar-refractivity contribution in [3.63, 3.8) is 0 Å². The highest BCUT2D eigenvalue weighted by atomic mass is 32.1. The summed E-state index contributed by atoms with van der Waals surface area (Å²) >= 11 is 1.38. The van der Waals surface area contributed by atoms with Crippen LogP contribution in [0, 0.1) is 17.1 Å². The number of esters is 1. The average molecular weight is 528 g/mol. The number of hydrogen-bond acceptors (Lipinski definition) is 5. The summed E-state index contributed by atoms with van der Waals surface area (Å²) in [6.07, 6.45) is 6.97. The number of carbonyl (C=O) groups is 2. The van der Waals surface area contributed by atoms with E-state index < -0.39 is 11.9 Å². The molecule has 2 heterocycles. The number of anilines is 1. The van der Waals surface area contributed by atoms with Crippen LogP contribution in [0.5, 0.6) is 0 Å². The number of fused-ring (bicyclic) bond motifs is 2. The first-order valence-electron chi connectivity index (χ1n) is 12.6. The van der Waals surface area contributed by atoms with Crippen LogP contribution in [0.25, 0.3) is 17.0 Å². The molecule has 1 amide bonds. The molecule has 2 aromatic heterocycles. The summed E-state index contributed by atoms with van der Waals surface area (Å²) in [4.78, 5) is 27.1. The number of hydrogen-bond donors (Lipinski definition) is 1. The number of nitrogens with one attached hydrogen (secondary N) is 1. The SMILES string of the molecule is CCOC(=O)c1c(NC(=O)/C(C#N)=C/c2cn(Cc3ccccc3F)c3ccccc23)sc2c1CCCC2. The number of carbonyl (C=O) groups excluding carboxylic acids is 2. The lowest BCUT2D eigenvalue weighted by atomic mass is 9.95. The summed E-state index contributed by atoms with van der Waals surface area (Å²) in [5.41, 5.74) is 3.30. The van der Waals surface area contributed by atoms with Gasteiger partial charge in [0.25, 0.3) is 5.91 Å². The third kappa shape index (κ3) is 4.98. The van der Waals surface area contributed by atoms with Crippen LogP contribution in [-0.2, 0) is 28.9 Å². The monoisotopic (exact) mass is 527 g/mol. The maximum Gasteiger partial charge on any atom is 0.341 e. The Morgan fingerprint density at radius 2 is 1.92 bits per heavy atom. The van der Waals surface area contributed by atoms with Gasteiger partial charge in [0.2, 0.25) is 0 Å². The predicted molar refractivity (Wildman–Crippen MR) is 147 cm³/mol. The maximum atomic E-state index is 14.3. The standard InChI is InChI=1S/C30H26FN3O3S/c1-2-37-30(36)27-23-11-5-8-14-26(23)38-29(27)33-28(35)20(16-32)15-21-18-34(25-13-7-4-10-22(21)25)17-19-9-3-6-12-24(19)31/h3-4,6-7,9-10,12-13,15,18H,2,5,8,11,14,17H2,1H3,(H,33,35)/b20-15+. The van der Waals surface area contributed by atoms with Crippen molar-refractivity contribution in [2.24, 2.45) is 0 Å². The fourth-order valence-electron chi connectivity index (χ4n) is 4.88. The normalized spacial score (nSPS) is 13.1. The van der Waals surface area contributed by atoms with Gasteiger partial charge in [-0.15, -0.1) is 11.3 Å². The molecule has 0 unspecified atom stereocenters. The molecule has 0 spiro atoms. The van der Waals surface area contributed by atoms with E-state index in [2.05, 4.69) is 5.32 Å². The lowest BCUT2D eigenvalue weighted by Gasteiger charge is -2.12. The number of ether oxygens (including phenoxy) is 1. The smallest absolute Gasteiger partial charge is 0.341 e. The number of halogens is 1. The molecule has 38 heavy (non-hydrogen) atoms. The number of thiophene rings is 1. The molecule has 8 heteroatoms. The number of nitrogens with zero attached hydrogens (tertiary/aromatic N) is 2. The molecule has 1 N–H and O–H groups in total. The highest BCUT2D eigenvalue weighted by Crippen LogP contribution is 2.39. The van der Waals surface area contributed by atoms with Crippen molar-refractivity contribution in [2.45, 2.75) is 39.2 Å². The molecule has 5 rings (SSSR count). The van der Waals surface area contributed by atoms with E-state index in [1.54, 1.807) is 25.1 Å². The van der Waals surface area contributed by atoms with E-state index in [9.17, 15) is 19.2 Å². The molecule has 0 saturated carbocycles. The van der Waals surface area contributed by atoms with E-state index in [0.717, 1.165) is 47.0 Å². The zero-order chi connectivity index (χ0) is 26.6. The fraction of sp³-hybridized carbons (Fsp3) is 0.233. The Kier molecular flexibility index (Phi) is 7.38. The molecule has 0 saturated heterocycles. The van der Waals surface area contributed by atoms with Gasteiger partial charge in [0.05, 0.1) is 18.7 Å². The first-order valence-corrected chi connectivity index (χ1v) is 13.4. The van der Waals surface area contributed by atoms with Gasteiger partial charge in [-0.2, -0.15) is 5.26 Å². The van der Waals surface area contributed by atoms with E-state index in [1.165, 1.54) is 23.5 Å². The molecule has 1 aliphatic rings. The Bertz CT molecular complexity index is 1610. The van der Waals surface area contributed by atoms with Crippen LogP contribution in [0.2, 0.25) is 0 Å². The van der Waals surface area contributed by atoms with E-state index in [4.69, 9.17) is 4.74 Å². The van der Waals surface area contributed by atoms with Crippen molar-refractivity contribution in [3.8, 4) is 6.07 Å². The Hall–Kier alpha value is -4.22. The third-order valence-corrected chi connectivity index (χ3v) is 7.87. The van der Waals surface area contributed by atoms with Crippen molar-refractivity contribution in [1.82, 2.24) is 4.57 Å². The van der Waals surface area contributed by atoms with Gasteiger partial charge in [0.15, 0.2) is 0 Å². The van der Waals surface area contributed by atoms with Gasteiger partial charge in [-0.1, -0.05) is 36.4 Å². The second-order valence-corrected chi connectivity index (χ2v) is 10.2. The van der Waals surface area contributed by atoms with Gasteiger partial charge in [-0.05, 0) is 56.4 Å². The van der Waals surface area contributed by atoms with Crippen LogP contribution >= 0.6 is 11.3 Å². The molecule has 0 aliphatic heterocycles. The van der Waals surface area contributed by atoms with Gasteiger partial charge >= 0.3 is 5.97 Å². The molecule has 4 aromatic rings. The number of nitriles is 1. The van der Waals surface area contributed by atoms with Crippen molar-refractivity contribution < 1.29 is 18.7 Å². The molecule has 192 valence electrons. The first kappa shape index (κ1) is 25.4. The maximum absolute atomic E-state index is 14.3. The summed E-state index contributed by atoms with van der Waals surface area (Å²) in [6, 6.07) is 16.2. The van der Waals surface area contributed by atoms with Gasteiger partial charge < -0.3 is 14.6 Å². The molecular formula is C30H26FN3O3S. The van der Waals surface area contributed by atoms with E-state index >= 15 is 0 Å². The van der Waals surface area contributed by atoms with Crippen molar-refractivity contribution in [3.05, 3.63) is 93.2 Å². The van der Waals surface area contributed by atoms with Crippen LogP contribution in [0.15, 0.2) is 60.3 Å². The lowest BCUT2D eigenvalue weighted by Crippen LogP contribution is -2.16. The molecule has 0 fully saturated rings. The topological polar surface area (TPSA) is 84.1 Å². The number of amides is 1. The molecule has 0 atom stereocenters. The van der Waals surface area contributed by atoms with Gasteiger partial charge in [-0.25, -0.2) is 9.18 Å². The lowest BCUT2D eigenvalue weighted by molar-refractivity contribution is -0.112. The van der Waals surface area contributed by atoms with E-state index in [-0.39, 0.29) is 18.0 Å². The fourth-order valence-corrected chi connectivity index (χ4v) is 6.15. The minimum absolute atomic E-state index is 0.0972. The van der Waals surface area contributed by atoms with Gasteiger partial charge in [0, 0.05) is 33.1 Å². The Morgan fingerprint density at radius 3 is 2.71 bits per heavy atom.